The summed E-state index contributed by atoms with van der Waals surface area (Å²) in [7, 11) is 0. The first kappa shape index (κ1) is 27.6. The van der Waals surface area contributed by atoms with Crippen LogP contribution in [0.1, 0.15) is 59.7 Å². The van der Waals surface area contributed by atoms with Crippen molar-refractivity contribution in [1.29, 1.82) is 0 Å². The Morgan fingerprint density at radius 1 is 0.872 bits per heavy atom. The van der Waals surface area contributed by atoms with Crippen molar-refractivity contribution in [2.24, 2.45) is 11.1 Å². The molecule has 0 aromatic heterocycles. The molecule has 0 atom stereocenters. The van der Waals surface area contributed by atoms with E-state index in [9.17, 15) is 4.79 Å². The molecule has 2 aliphatic heterocycles. The summed E-state index contributed by atoms with van der Waals surface area (Å²) in [4.78, 5) is 23.9. The van der Waals surface area contributed by atoms with Crippen molar-refractivity contribution in [2.45, 2.75) is 52.0 Å². The molecule has 0 radical (unpaired) electrons. The maximum atomic E-state index is 13.4. The lowest BCUT2D eigenvalue weighted by Gasteiger charge is -2.49. The molecule has 0 N–H and O–H groups in total. The summed E-state index contributed by atoms with van der Waals surface area (Å²) in [6.45, 7) is 10.1. The number of halogens is 1. The summed E-state index contributed by atoms with van der Waals surface area (Å²) in [5.41, 5.74) is 5.24. The molecule has 0 saturated carbocycles. The van der Waals surface area contributed by atoms with Crippen molar-refractivity contribution in [1.82, 2.24) is 9.80 Å². The number of nitrogens with zero attached hydrogens (tertiary/aromatic N) is 3. The molecule has 0 aliphatic carbocycles. The van der Waals surface area contributed by atoms with Gasteiger partial charge in [0.1, 0.15) is 0 Å². The number of aryl methyl sites for hydroxylation is 2. The molecular formula is C33H38BrN3O2. The van der Waals surface area contributed by atoms with E-state index < -0.39 is 0 Å². The third-order valence-corrected chi connectivity index (χ3v) is 9.13. The molecule has 2 aliphatic rings. The van der Waals surface area contributed by atoms with Crippen molar-refractivity contribution in [3.8, 4) is 5.75 Å². The van der Waals surface area contributed by atoms with Gasteiger partial charge in [-0.05, 0) is 100 Å². The van der Waals surface area contributed by atoms with Crippen LogP contribution in [0, 0.1) is 19.8 Å². The maximum Gasteiger partial charge on any atom is 0.254 e. The zero-order chi connectivity index (χ0) is 27.4. The second-order valence-corrected chi connectivity index (χ2v) is 12.1. The summed E-state index contributed by atoms with van der Waals surface area (Å²) in [6.07, 6.45) is 4.07. The minimum absolute atomic E-state index is 0.109. The topological polar surface area (TPSA) is 45.1 Å². The van der Waals surface area contributed by atoms with Crippen molar-refractivity contribution >= 4 is 27.5 Å². The quantitative estimate of drug-likeness (QED) is 0.225. The van der Waals surface area contributed by atoms with Gasteiger partial charge in [-0.15, -0.1) is 0 Å². The summed E-state index contributed by atoms with van der Waals surface area (Å²) < 4.78 is 1.06. The van der Waals surface area contributed by atoms with E-state index in [1.807, 2.05) is 62.4 Å². The lowest BCUT2D eigenvalue weighted by Crippen LogP contribution is -2.56. The normalized spacial score (nSPS) is 18.7. The van der Waals surface area contributed by atoms with Gasteiger partial charge >= 0.3 is 0 Å². The Kier molecular flexibility index (Phi) is 8.53. The molecule has 3 aromatic rings. The predicted octanol–water partition coefficient (Wildman–Crippen LogP) is 7.26. The lowest BCUT2D eigenvalue weighted by molar-refractivity contribution is 0.0163. The van der Waals surface area contributed by atoms with Gasteiger partial charge in [-0.1, -0.05) is 69.6 Å². The third-order valence-electron chi connectivity index (χ3n) is 8.60. The average molecular weight is 589 g/mol. The van der Waals surface area contributed by atoms with Crippen LogP contribution in [0.5, 0.6) is 5.75 Å². The van der Waals surface area contributed by atoms with E-state index in [2.05, 4.69) is 62.1 Å². The van der Waals surface area contributed by atoms with E-state index in [1.54, 1.807) is 0 Å². The predicted molar refractivity (Wildman–Crippen MR) is 162 cm³/mol. The van der Waals surface area contributed by atoms with E-state index >= 15 is 0 Å². The monoisotopic (exact) mass is 587 g/mol. The van der Waals surface area contributed by atoms with Crippen LogP contribution in [0.15, 0.2) is 82.4 Å². The molecule has 5 rings (SSSR count). The van der Waals surface area contributed by atoms with Crippen molar-refractivity contribution in [2.75, 3.05) is 26.2 Å². The van der Waals surface area contributed by atoms with Crippen LogP contribution in [0.4, 0.5) is 0 Å². The molecular weight excluding hydrogens is 550 g/mol. The fourth-order valence-electron chi connectivity index (χ4n) is 6.08. The van der Waals surface area contributed by atoms with Crippen LogP contribution in [-0.2, 0) is 0 Å². The van der Waals surface area contributed by atoms with Crippen molar-refractivity contribution in [3.05, 3.63) is 99.5 Å². The lowest BCUT2D eigenvalue weighted by atomic mass is 9.82. The molecule has 2 saturated heterocycles. The molecule has 204 valence electrons. The van der Waals surface area contributed by atoms with Gasteiger partial charge in [-0.2, -0.15) is 0 Å². The fraction of sp³-hybridized carbons (Fsp3) is 0.394. The van der Waals surface area contributed by atoms with E-state index in [-0.39, 0.29) is 11.4 Å². The number of para-hydroxylation sites is 1. The standard InChI is InChI=1S/C33H38BrN3O2/c1-24-8-7-9-25(2)30(24)32(38)36-22-18-33(3,19-23-36)37-20-16-27(17-21-37)31(26-12-14-28(34)15-13-26)35-39-29-10-5-4-6-11-29/h4-15,27H,16-23H2,1-3H3/b35-31-. The average Bonchev–Trinajstić information content (AvgIpc) is 2.95. The third kappa shape index (κ3) is 6.28. The SMILES string of the molecule is Cc1cccc(C)c1C(=O)N1CCC(C)(N2CCC(/C(=N\Oc3ccccc3)c3ccc(Br)cc3)CC2)CC1. The Bertz CT molecular complexity index is 1290. The molecule has 5 nitrogen and oxygen atoms in total. The number of benzene rings is 3. The molecule has 1 amide bonds. The van der Waals surface area contributed by atoms with Crippen LogP contribution in [0.2, 0.25) is 0 Å². The number of rotatable bonds is 6. The Hall–Kier alpha value is -2.96. The molecule has 0 bridgehead atoms. The highest BCUT2D eigenvalue weighted by Crippen LogP contribution is 2.34. The van der Waals surface area contributed by atoms with E-state index in [4.69, 9.17) is 4.84 Å². The zero-order valence-corrected chi connectivity index (χ0v) is 24.8. The Labute approximate surface area is 241 Å². The highest BCUT2D eigenvalue weighted by molar-refractivity contribution is 9.10. The van der Waals surface area contributed by atoms with Crippen LogP contribution < -0.4 is 4.84 Å². The molecule has 2 fully saturated rings. The molecule has 0 spiro atoms. The van der Waals surface area contributed by atoms with E-state index in [0.717, 1.165) is 90.1 Å². The van der Waals surface area contributed by atoms with E-state index in [0.29, 0.717) is 5.92 Å². The first-order valence-corrected chi connectivity index (χ1v) is 14.8. The van der Waals surface area contributed by atoms with Crippen molar-refractivity contribution in [3.63, 3.8) is 0 Å². The summed E-state index contributed by atoms with van der Waals surface area (Å²) in [5.74, 6) is 1.26. The van der Waals surface area contributed by atoms with Gasteiger partial charge in [0, 0.05) is 34.6 Å². The van der Waals surface area contributed by atoms with Crippen molar-refractivity contribution < 1.29 is 9.63 Å². The van der Waals surface area contributed by atoms with Crippen LogP contribution in [0.25, 0.3) is 0 Å². The number of hydrogen-bond donors (Lipinski definition) is 0. The first-order valence-electron chi connectivity index (χ1n) is 14.0. The second kappa shape index (κ2) is 12.1. The Morgan fingerprint density at radius 2 is 1.49 bits per heavy atom. The fourth-order valence-corrected chi connectivity index (χ4v) is 6.34. The maximum absolute atomic E-state index is 13.4. The Morgan fingerprint density at radius 3 is 2.10 bits per heavy atom. The number of hydrogen-bond acceptors (Lipinski definition) is 4. The smallest absolute Gasteiger partial charge is 0.254 e. The molecule has 3 aromatic carbocycles. The van der Waals surface area contributed by atoms with Gasteiger partial charge in [0.15, 0.2) is 5.75 Å². The molecule has 39 heavy (non-hydrogen) atoms. The first-order chi connectivity index (χ1) is 18.8. The van der Waals surface area contributed by atoms with E-state index in [1.165, 1.54) is 0 Å². The van der Waals surface area contributed by atoms with Gasteiger partial charge in [0.2, 0.25) is 0 Å². The summed E-state index contributed by atoms with van der Waals surface area (Å²) in [6, 6.07) is 24.2. The summed E-state index contributed by atoms with van der Waals surface area (Å²) >= 11 is 3.56. The number of amides is 1. The van der Waals surface area contributed by atoms with Crippen LogP contribution >= 0.6 is 15.9 Å². The highest BCUT2D eigenvalue weighted by atomic mass is 79.9. The minimum Gasteiger partial charge on any atom is -0.357 e. The summed E-state index contributed by atoms with van der Waals surface area (Å²) in [5, 5.41) is 4.68. The largest absolute Gasteiger partial charge is 0.357 e. The molecule has 0 unspecified atom stereocenters. The van der Waals surface area contributed by atoms with Gasteiger partial charge < -0.3 is 9.74 Å². The molecule has 2 heterocycles. The van der Waals surface area contributed by atoms with Gasteiger partial charge in [-0.3, -0.25) is 9.69 Å². The van der Waals surface area contributed by atoms with Crippen LogP contribution in [-0.4, -0.2) is 53.1 Å². The van der Waals surface area contributed by atoms with Gasteiger partial charge in [-0.25, -0.2) is 0 Å². The Balaban J connectivity index is 1.23. The number of carbonyl (C=O) groups excluding carboxylic acids is 1. The highest BCUT2D eigenvalue weighted by Gasteiger charge is 2.39. The second-order valence-electron chi connectivity index (χ2n) is 11.2. The number of piperidine rings is 2. The van der Waals surface area contributed by atoms with Crippen LogP contribution in [0.3, 0.4) is 0 Å². The zero-order valence-electron chi connectivity index (χ0n) is 23.2. The van der Waals surface area contributed by atoms with Gasteiger partial charge in [0.25, 0.3) is 5.91 Å². The van der Waals surface area contributed by atoms with Gasteiger partial charge in [0.05, 0.1) is 5.71 Å². The number of carbonyl (C=O) groups is 1. The molecule has 6 heteroatoms. The number of oxime groups is 1. The number of likely N-dealkylation sites (tertiary alicyclic amines) is 2. The minimum atomic E-state index is 0.109.